The van der Waals surface area contributed by atoms with Crippen LogP contribution >= 0.6 is 12.2 Å². The van der Waals surface area contributed by atoms with Crippen LogP contribution in [0.3, 0.4) is 0 Å². The summed E-state index contributed by atoms with van der Waals surface area (Å²) in [5.41, 5.74) is 1.59. The predicted octanol–water partition coefficient (Wildman–Crippen LogP) is 3.76. The minimum Gasteiger partial charge on any atom is -0.494 e. The van der Waals surface area contributed by atoms with Crippen LogP contribution in [0.5, 0.6) is 5.75 Å². The lowest BCUT2D eigenvalue weighted by Gasteiger charge is -2.23. The van der Waals surface area contributed by atoms with E-state index in [1.165, 1.54) is 4.90 Å². The Kier molecular flexibility index (Phi) is 7.12. The minimum absolute atomic E-state index is 0.0138. The minimum atomic E-state index is -0.674. The van der Waals surface area contributed by atoms with Crippen LogP contribution in [0, 0.1) is 0 Å². The third kappa shape index (κ3) is 5.04. The lowest BCUT2D eigenvalue weighted by atomic mass is 10.1. The Balaban J connectivity index is 1.48. The number of ether oxygens (including phenoxy) is 2. The number of hydrogen-bond acceptors (Lipinski definition) is 6. The largest absolute Gasteiger partial charge is 0.494 e. The molecule has 2 aromatic rings. The molecule has 1 atom stereocenters. The Morgan fingerprint density at radius 3 is 2.29 bits per heavy atom. The monoisotopic (exact) mass is 481 g/mol. The standard InChI is InChI=1S/C25H27N3O5S/c1-3-32-20-13-7-17(8-14-20)26-22(29)15-21-23(30)28(25(34)27(21)18-11-12-18)19-9-5-16(6-10-19)24(31)33-4-2/h5-10,13-14,18,21H,3-4,11-12,15H2,1-2H3,(H,26,29). The highest BCUT2D eigenvalue weighted by Gasteiger charge is 2.49. The molecule has 4 rings (SSSR count). The molecule has 8 nitrogen and oxygen atoms in total. The second-order valence-electron chi connectivity index (χ2n) is 8.09. The van der Waals surface area contributed by atoms with Gasteiger partial charge in [0, 0.05) is 11.7 Å². The molecule has 2 aliphatic rings. The average molecular weight is 482 g/mol. The molecule has 2 aromatic carbocycles. The summed E-state index contributed by atoms with van der Waals surface area (Å²) in [6, 6.07) is 13.1. The molecule has 1 N–H and O–H groups in total. The fraction of sp³-hybridized carbons (Fsp3) is 0.360. The van der Waals surface area contributed by atoms with Gasteiger partial charge in [0.1, 0.15) is 11.8 Å². The Morgan fingerprint density at radius 1 is 1.03 bits per heavy atom. The van der Waals surface area contributed by atoms with Gasteiger partial charge in [0.2, 0.25) is 5.91 Å². The number of benzene rings is 2. The van der Waals surface area contributed by atoms with E-state index in [1.54, 1.807) is 55.5 Å². The second kappa shape index (κ2) is 10.2. The molecule has 1 aliphatic carbocycles. The molecule has 0 radical (unpaired) electrons. The summed E-state index contributed by atoms with van der Waals surface area (Å²) in [5, 5.41) is 3.24. The molecule has 178 valence electrons. The van der Waals surface area contributed by atoms with Gasteiger partial charge in [0.05, 0.1) is 30.9 Å². The first kappa shape index (κ1) is 23.7. The molecule has 9 heteroatoms. The van der Waals surface area contributed by atoms with Crippen LogP contribution < -0.4 is 15.0 Å². The summed E-state index contributed by atoms with van der Waals surface area (Å²) < 4.78 is 10.4. The van der Waals surface area contributed by atoms with Crippen molar-refractivity contribution in [2.45, 2.75) is 45.2 Å². The smallest absolute Gasteiger partial charge is 0.338 e. The van der Waals surface area contributed by atoms with Crippen LogP contribution in [-0.2, 0) is 14.3 Å². The van der Waals surface area contributed by atoms with Crippen molar-refractivity contribution in [1.29, 1.82) is 0 Å². The van der Waals surface area contributed by atoms with E-state index >= 15 is 0 Å². The van der Waals surface area contributed by atoms with Crippen LogP contribution in [0.15, 0.2) is 48.5 Å². The molecule has 0 bridgehead atoms. The number of rotatable bonds is 9. The number of amides is 2. The SMILES string of the molecule is CCOC(=O)c1ccc(N2C(=O)C(CC(=O)Nc3ccc(OCC)cc3)N(C3CC3)C2=S)cc1. The first-order chi connectivity index (χ1) is 16.4. The molecule has 2 amide bonds. The van der Waals surface area contributed by atoms with E-state index in [4.69, 9.17) is 21.7 Å². The van der Waals surface area contributed by atoms with Gasteiger partial charge in [-0.05, 0) is 87.4 Å². The van der Waals surface area contributed by atoms with Crippen LogP contribution in [0.2, 0.25) is 0 Å². The molecule has 1 saturated heterocycles. The van der Waals surface area contributed by atoms with Gasteiger partial charge >= 0.3 is 5.97 Å². The number of esters is 1. The number of carbonyl (C=O) groups excluding carboxylic acids is 3. The van der Waals surface area contributed by atoms with Crippen LogP contribution in [0.1, 0.15) is 43.5 Å². The summed E-state index contributed by atoms with van der Waals surface area (Å²) in [6.45, 7) is 4.50. The van der Waals surface area contributed by atoms with Crippen molar-refractivity contribution in [1.82, 2.24) is 4.90 Å². The highest BCUT2D eigenvalue weighted by molar-refractivity contribution is 7.80. The molecule has 1 aliphatic heterocycles. The fourth-order valence-corrected chi connectivity index (χ4v) is 4.42. The summed E-state index contributed by atoms with van der Waals surface area (Å²) in [4.78, 5) is 41.5. The summed E-state index contributed by atoms with van der Waals surface area (Å²) in [6.07, 6.45) is 1.85. The van der Waals surface area contributed by atoms with Crippen molar-refractivity contribution in [2.24, 2.45) is 0 Å². The molecule has 0 spiro atoms. The van der Waals surface area contributed by atoms with Gasteiger partial charge in [-0.25, -0.2) is 4.79 Å². The molecule has 1 unspecified atom stereocenters. The van der Waals surface area contributed by atoms with E-state index < -0.39 is 12.0 Å². The maximum absolute atomic E-state index is 13.4. The van der Waals surface area contributed by atoms with Crippen molar-refractivity contribution in [2.75, 3.05) is 23.4 Å². The van der Waals surface area contributed by atoms with Crippen molar-refractivity contribution < 1.29 is 23.9 Å². The van der Waals surface area contributed by atoms with Gasteiger partial charge in [-0.15, -0.1) is 0 Å². The first-order valence-electron chi connectivity index (χ1n) is 11.4. The highest BCUT2D eigenvalue weighted by atomic mass is 32.1. The molecular weight excluding hydrogens is 454 g/mol. The number of nitrogens with one attached hydrogen (secondary N) is 1. The maximum Gasteiger partial charge on any atom is 0.338 e. The van der Waals surface area contributed by atoms with Gasteiger partial charge < -0.3 is 19.7 Å². The van der Waals surface area contributed by atoms with Gasteiger partial charge in [-0.1, -0.05) is 0 Å². The highest BCUT2D eigenvalue weighted by Crippen LogP contribution is 2.37. The van der Waals surface area contributed by atoms with E-state index in [0.717, 1.165) is 18.6 Å². The molecule has 1 saturated carbocycles. The van der Waals surface area contributed by atoms with Gasteiger partial charge in [-0.2, -0.15) is 0 Å². The number of carbonyl (C=O) groups is 3. The number of thiocarbonyl (C=S) groups is 1. The summed E-state index contributed by atoms with van der Waals surface area (Å²) in [7, 11) is 0. The quantitative estimate of drug-likeness (QED) is 0.431. The third-order valence-corrected chi connectivity index (χ3v) is 6.05. The summed E-state index contributed by atoms with van der Waals surface area (Å²) >= 11 is 5.66. The van der Waals surface area contributed by atoms with E-state index in [2.05, 4.69) is 5.32 Å². The number of nitrogens with zero attached hydrogens (tertiary/aromatic N) is 2. The Hall–Kier alpha value is -3.46. The first-order valence-corrected chi connectivity index (χ1v) is 11.8. The second-order valence-corrected chi connectivity index (χ2v) is 8.45. The Labute approximate surface area is 203 Å². The number of anilines is 2. The Morgan fingerprint density at radius 2 is 1.71 bits per heavy atom. The van der Waals surface area contributed by atoms with Gasteiger partial charge in [0.25, 0.3) is 5.91 Å². The van der Waals surface area contributed by atoms with Gasteiger partial charge in [-0.3, -0.25) is 14.5 Å². The zero-order valence-electron chi connectivity index (χ0n) is 19.2. The molecule has 2 fully saturated rings. The topological polar surface area (TPSA) is 88.2 Å². The Bertz CT molecular complexity index is 1080. The normalized spacial score (nSPS) is 17.6. The van der Waals surface area contributed by atoms with Gasteiger partial charge in [0.15, 0.2) is 5.11 Å². The molecule has 1 heterocycles. The lowest BCUT2D eigenvalue weighted by molar-refractivity contribution is -0.124. The van der Waals surface area contributed by atoms with E-state index in [-0.39, 0.29) is 30.9 Å². The van der Waals surface area contributed by atoms with E-state index in [9.17, 15) is 14.4 Å². The van der Waals surface area contributed by atoms with Crippen LogP contribution in [0.25, 0.3) is 0 Å². The molecule has 34 heavy (non-hydrogen) atoms. The molecular formula is C25H27N3O5S. The van der Waals surface area contributed by atoms with E-state index in [1.807, 2.05) is 11.8 Å². The number of hydrogen-bond donors (Lipinski definition) is 1. The molecule has 0 aromatic heterocycles. The summed E-state index contributed by atoms with van der Waals surface area (Å²) in [5.74, 6) is -0.215. The van der Waals surface area contributed by atoms with Crippen LogP contribution in [0.4, 0.5) is 11.4 Å². The maximum atomic E-state index is 13.4. The van der Waals surface area contributed by atoms with Crippen molar-refractivity contribution in [3.05, 3.63) is 54.1 Å². The lowest BCUT2D eigenvalue weighted by Crippen LogP contribution is -2.39. The fourth-order valence-electron chi connectivity index (χ4n) is 3.95. The average Bonchev–Trinajstić information content (AvgIpc) is 3.62. The van der Waals surface area contributed by atoms with E-state index in [0.29, 0.717) is 28.7 Å². The zero-order chi connectivity index (χ0) is 24.2. The van der Waals surface area contributed by atoms with Crippen molar-refractivity contribution >= 4 is 46.5 Å². The van der Waals surface area contributed by atoms with Crippen molar-refractivity contribution in [3.63, 3.8) is 0 Å². The van der Waals surface area contributed by atoms with Crippen molar-refractivity contribution in [3.8, 4) is 5.75 Å². The zero-order valence-corrected chi connectivity index (χ0v) is 20.0. The predicted molar refractivity (Wildman–Crippen MR) is 132 cm³/mol. The van der Waals surface area contributed by atoms with Crippen LogP contribution in [-0.4, -0.2) is 53.1 Å². The third-order valence-electron chi connectivity index (χ3n) is 5.66.